The van der Waals surface area contributed by atoms with E-state index in [0.29, 0.717) is 12.1 Å². The van der Waals surface area contributed by atoms with Crippen LogP contribution >= 0.6 is 0 Å². The van der Waals surface area contributed by atoms with Crippen LogP contribution in [0.2, 0.25) is 0 Å². The van der Waals surface area contributed by atoms with Crippen LogP contribution in [0, 0.1) is 25.5 Å². The second kappa shape index (κ2) is 12.3. The molecule has 9 nitrogen and oxygen atoms in total. The predicted octanol–water partition coefficient (Wildman–Crippen LogP) is 5.88. The maximum Gasteiger partial charge on any atom is 0.420 e. The Kier molecular flexibility index (Phi) is 9.02. The monoisotopic (exact) mass is 644 g/mol. The van der Waals surface area contributed by atoms with Crippen LogP contribution in [0.1, 0.15) is 46.5 Å². The molecule has 0 spiro atoms. The van der Waals surface area contributed by atoms with E-state index in [2.05, 4.69) is 15.0 Å². The van der Waals surface area contributed by atoms with Crippen LogP contribution in [0.15, 0.2) is 36.7 Å². The molecule has 0 aliphatic heterocycles. The van der Waals surface area contributed by atoms with Crippen LogP contribution in [-0.4, -0.2) is 54.6 Å². The van der Waals surface area contributed by atoms with Crippen molar-refractivity contribution in [1.29, 1.82) is 0 Å². The molecule has 1 amide bonds. The van der Waals surface area contributed by atoms with Gasteiger partial charge in [0.05, 0.1) is 11.4 Å². The van der Waals surface area contributed by atoms with Crippen LogP contribution in [0.25, 0.3) is 16.9 Å². The van der Waals surface area contributed by atoms with Crippen molar-refractivity contribution in [2.75, 3.05) is 5.32 Å². The zero-order chi connectivity index (χ0) is 33.4. The predicted molar refractivity (Wildman–Crippen MR) is 143 cm³/mol. The molecule has 0 bridgehead atoms. The van der Waals surface area contributed by atoms with E-state index in [-0.39, 0.29) is 28.4 Å². The number of benzene rings is 1. The third-order valence-corrected chi connectivity index (χ3v) is 6.80. The number of hydrogen-bond acceptors (Lipinski definition) is 6. The second-order valence-electron chi connectivity index (χ2n) is 9.97. The lowest BCUT2D eigenvalue weighted by molar-refractivity contribution is -0.143. The zero-order valence-corrected chi connectivity index (χ0v) is 23.6. The lowest BCUT2D eigenvalue weighted by Crippen LogP contribution is -2.43. The number of pyridine rings is 1. The number of anilines is 1. The number of aryl methyl sites for hydroxylation is 2. The fraction of sp³-hybridized carbons (Fsp3) is 0.321. The molecule has 0 fully saturated rings. The molecule has 0 saturated heterocycles. The number of nitrogens with zero attached hydrogens (tertiary/aromatic N) is 4. The molecule has 3 heterocycles. The van der Waals surface area contributed by atoms with Crippen molar-refractivity contribution in [3.05, 3.63) is 76.6 Å². The molecule has 2 atom stereocenters. The van der Waals surface area contributed by atoms with E-state index in [4.69, 9.17) is 0 Å². The number of aliphatic carboxylic acids is 1. The van der Waals surface area contributed by atoms with Crippen LogP contribution in [0.3, 0.4) is 0 Å². The van der Waals surface area contributed by atoms with Crippen molar-refractivity contribution in [1.82, 2.24) is 24.7 Å². The highest BCUT2D eigenvalue weighted by Crippen LogP contribution is 2.39. The van der Waals surface area contributed by atoms with Gasteiger partial charge in [0.1, 0.15) is 46.3 Å². The minimum absolute atomic E-state index is 0.0321. The molecular formula is C28H24F8N6O3. The molecule has 0 aliphatic rings. The number of carboxylic acids is 1. The van der Waals surface area contributed by atoms with Crippen LogP contribution in [0.5, 0.6) is 0 Å². The zero-order valence-electron chi connectivity index (χ0n) is 23.6. The summed E-state index contributed by atoms with van der Waals surface area (Å²) in [4.78, 5) is 36.7. The first-order valence-electron chi connectivity index (χ1n) is 13.2. The van der Waals surface area contributed by atoms with E-state index in [1.165, 1.54) is 49.7 Å². The molecule has 3 N–H and O–H groups in total. The summed E-state index contributed by atoms with van der Waals surface area (Å²) in [5.74, 6) is -6.17. The van der Waals surface area contributed by atoms with Crippen molar-refractivity contribution in [3.63, 3.8) is 0 Å². The number of nitrogens with one attached hydrogen (secondary N) is 2. The number of halogens is 8. The summed E-state index contributed by atoms with van der Waals surface area (Å²) in [5, 5.41) is 13.7. The van der Waals surface area contributed by atoms with Crippen LogP contribution in [-0.2, 0) is 17.4 Å². The van der Waals surface area contributed by atoms with Gasteiger partial charge in [-0.1, -0.05) is 6.92 Å². The summed E-state index contributed by atoms with van der Waals surface area (Å²) in [5.41, 5.74) is -3.63. The first kappa shape index (κ1) is 33.1. The number of carbonyl (C=O) groups excluding carboxylic acids is 1. The Morgan fingerprint density at radius 3 is 2.22 bits per heavy atom. The number of fused-ring (bicyclic) bond motifs is 1. The van der Waals surface area contributed by atoms with Gasteiger partial charge >= 0.3 is 18.3 Å². The van der Waals surface area contributed by atoms with Crippen molar-refractivity contribution >= 4 is 23.2 Å². The molecule has 1 aromatic carbocycles. The highest BCUT2D eigenvalue weighted by atomic mass is 19.4. The van der Waals surface area contributed by atoms with Gasteiger partial charge < -0.3 is 20.1 Å². The number of aromatic nitrogens is 4. The van der Waals surface area contributed by atoms with Gasteiger partial charge in [0.25, 0.3) is 5.91 Å². The number of alkyl halides is 6. The molecule has 4 aromatic rings. The van der Waals surface area contributed by atoms with E-state index < -0.39 is 83.3 Å². The molecule has 0 saturated carbocycles. The van der Waals surface area contributed by atoms with E-state index in [0.717, 1.165) is 0 Å². The highest BCUT2D eigenvalue weighted by Gasteiger charge is 2.39. The number of carbonyl (C=O) groups is 2. The van der Waals surface area contributed by atoms with Gasteiger partial charge in [0, 0.05) is 35.8 Å². The highest BCUT2D eigenvalue weighted by molar-refractivity contribution is 5.97. The maximum atomic E-state index is 14.8. The summed E-state index contributed by atoms with van der Waals surface area (Å²) in [6.07, 6.45) is -7.94. The number of hydrogen-bond donors (Lipinski definition) is 3. The van der Waals surface area contributed by atoms with E-state index in [1.54, 1.807) is 0 Å². The average molecular weight is 645 g/mol. The third kappa shape index (κ3) is 6.96. The van der Waals surface area contributed by atoms with E-state index >= 15 is 0 Å². The first-order valence-corrected chi connectivity index (χ1v) is 13.2. The topological polar surface area (TPSA) is 122 Å². The number of amides is 1. The molecule has 3 aromatic heterocycles. The fourth-order valence-electron chi connectivity index (χ4n) is 4.80. The lowest BCUT2D eigenvalue weighted by Gasteiger charge is -2.22. The van der Waals surface area contributed by atoms with Crippen molar-refractivity contribution in [3.8, 4) is 11.3 Å². The molecule has 45 heavy (non-hydrogen) atoms. The summed E-state index contributed by atoms with van der Waals surface area (Å²) >= 11 is 0. The average Bonchev–Trinajstić information content (AvgIpc) is 3.39. The standard InChI is InChI=1S/C28H24F8N6O3/c1-4-20(27(31,32)33)40-14-9-17(29)21(18(30)10-14)25(43)41-19(26(44)45)11-15-5-6-16(24-37-7-8-42(15)24)23-22(28(34,35)36)12(2)38-13(3)39-23/h5-10,19-20,40H,4,11H2,1-3H3,(H,41,43)(H,44,45). The molecule has 17 heteroatoms. The maximum absolute atomic E-state index is 14.8. The molecule has 4 rings (SSSR count). The van der Waals surface area contributed by atoms with Gasteiger partial charge in [-0.2, -0.15) is 26.3 Å². The largest absolute Gasteiger partial charge is 0.480 e. The van der Waals surface area contributed by atoms with Gasteiger partial charge in [-0.05, 0) is 44.5 Å². The summed E-state index contributed by atoms with van der Waals surface area (Å²) < 4.78 is 112. The Morgan fingerprint density at radius 2 is 1.67 bits per heavy atom. The Bertz CT molecular complexity index is 1750. The molecule has 2 unspecified atom stereocenters. The Labute approximate surface area is 249 Å². The smallest absolute Gasteiger partial charge is 0.420 e. The Morgan fingerprint density at radius 1 is 1.02 bits per heavy atom. The third-order valence-electron chi connectivity index (χ3n) is 6.80. The SMILES string of the molecule is CCC(Nc1cc(F)c(C(=O)NC(Cc2ccc(-c3nc(C)nc(C)c3C(F)(F)F)c3nccn23)C(=O)O)c(F)c1)C(F)(F)F. The molecule has 0 radical (unpaired) electrons. The van der Waals surface area contributed by atoms with Gasteiger partial charge in [-0.3, -0.25) is 4.79 Å². The Balaban J connectivity index is 1.65. The fourth-order valence-corrected chi connectivity index (χ4v) is 4.80. The second-order valence-corrected chi connectivity index (χ2v) is 9.97. The minimum atomic E-state index is -4.82. The Hall–Kier alpha value is -4.83. The molecule has 240 valence electrons. The van der Waals surface area contributed by atoms with Crippen molar-refractivity contribution in [2.45, 2.75) is 58.0 Å². The number of carboxylic acid groups (broad SMARTS) is 1. The number of rotatable bonds is 9. The quantitative estimate of drug-likeness (QED) is 0.195. The van der Waals surface area contributed by atoms with Gasteiger partial charge in [0.2, 0.25) is 0 Å². The van der Waals surface area contributed by atoms with Gasteiger partial charge in [0.15, 0.2) is 0 Å². The van der Waals surface area contributed by atoms with Crippen LogP contribution < -0.4 is 10.6 Å². The summed E-state index contributed by atoms with van der Waals surface area (Å²) in [6.45, 7) is 3.79. The summed E-state index contributed by atoms with van der Waals surface area (Å²) in [7, 11) is 0. The van der Waals surface area contributed by atoms with E-state index in [1.807, 2.05) is 10.6 Å². The normalized spacial score (nSPS) is 13.5. The first-order chi connectivity index (χ1) is 20.9. The van der Waals surface area contributed by atoms with E-state index in [9.17, 15) is 49.8 Å². The number of imidazole rings is 1. The molecule has 0 aliphatic carbocycles. The molecular weight excluding hydrogens is 620 g/mol. The van der Waals surface area contributed by atoms with Crippen molar-refractivity contribution in [2.24, 2.45) is 0 Å². The summed E-state index contributed by atoms with van der Waals surface area (Å²) in [6, 6.07) is -0.463. The lowest BCUT2D eigenvalue weighted by atomic mass is 10.0. The van der Waals surface area contributed by atoms with Crippen LogP contribution in [0.4, 0.5) is 40.8 Å². The van der Waals surface area contributed by atoms with Gasteiger partial charge in [-0.15, -0.1) is 0 Å². The van der Waals surface area contributed by atoms with Crippen molar-refractivity contribution < 1.29 is 49.8 Å². The minimum Gasteiger partial charge on any atom is -0.480 e. The van der Waals surface area contributed by atoms with Gasteiger partial charge in [-0.25, -0.2) is 28.5 Å².